The van der Waals surface area contributed by atoms with Crippen LogP contribution >= 0.6 is 0 Å². The highest BCUT2D eigenvalue weighted by atomic mass is 19.1. The van der Waals surface area contributed by atoms with Gasteiger partial charge in [-0.25, -0.2) is 9.37 Å². The molecule has 0 bridgehead atoms. The van der Waals surface area contributed by atoms with Crippen LogP contribution in [0.3, 0.4) is 0 Å². The molecular formula is C19H22FN5O. The normalized spacial score (nSPS) is 10.9. The topological polar surface area (TPSA) is 62.5 Å². The van der Waals surface area contributed by atoms with Crippen molar-refractivity contribution in [3.05, 3.63) is 48.7 Å². The molecule has 1 aromatic carbocycles. The minimum absolute atomic E-state index is 0.112. The van der Waals surface area contributed by atoms with E-state index in [2.05, 4.69) is 15.3 Å². The second-order valence-corrected chi connectivity index (χ2v) is 5.86. The summed E-state index contributed by atoms with van der Waals surface area (Å²) in [4.78, 5) is 22.7. The van der Waals surface area contributed by atoms with Crippen LogP contribution in [0.5, 0.6) is 0 Å². The Hall–Kier alpha value is -2.96. The van der Waals surface area contributed by atoms with Gasteiger partial charge in [-0.1, -0.05) is 0 Å². The third-order valence-electron chi connectivity index (χ3n) is 4.30. The van der Waals surface area contributed by atoms with Crippen molar-refractivity contribution >= 4 is 17.4 Å². The van der Waals surface area contributed by atoms with E-state index in [1.807, 2.05) is 24.4 Å². The van der Waals surface area contributed by atoms with Crippen LogP contribution in [-0.2, 0) is 4.79 Å². The molecule has 0 saturated heterocycles. The molecule has 2 heterocycles. The first kappa shape index (κ1) is 17.8. The summed E-state index contributed by atoms with van der Waals surface area (Å²) < 4.78 is 15.1. The summed E-state index contributed by atoms with van der Waals surface area (Å²) in [6.45, 7) is 5.84. The Morgan fingerprint density at radius 2 is 1.96 bits per heavy atom. The first-order valence-electron chi connectivity index (χ1n) is 8.73. The van der Waals surface area contributed by atoms with Crippen molar-refractivity contribution in [1.29, 1.82) is 0 Å². The van der Waals surface area contributed by atoms with Crippen molar-refractivity contribution < 1.29 is 9.18 Å². The molecule has 1 amide bonds. The number of fused-ring (bicyclic) bond motifs is 1. The lowest BCUT2D eigenvalue weighted by Crippen LogP contribution is -2.31. The van der Waals surface area contributed by atoms with Crippen molar-refractivity contribution in [3.63, 3.8) is 0 Å². The quantitative estimate of drug-likeness (QED) is 0.707. The summed E-state index contributed by atoms with van der Waals surface area (Å²) in [5.74, 6) is 0.584. The largest absolute Gasteiger partial charge is 0.369 e. The molecule has 0 fully saturated rings. The van der Waals surface area contributed by atoms with Crippen molar-refractivity contribution in [2.75, 3.05) is 25.0 Å². The van der Waals surface area contributed by atoms with Crippen LogP contribution in [-0.4, -0.2) is 44.8 Å². The fraction of sp³-hybridized carbons (Fsp3) is 0.316. The molecule has 0 aliphatic carbocycles. The summed E-state index contributed by atoms with van der Waals surface area (Å²) >= 11 is 0. The Morgan fingerprint density at radius 1 is 1.23 bits per heavy atom. The number of rotatable bonds is 7. The highest BCUT2D eigenvalue weighted by molar-refractivity contribution is 5.78. The van der Waals surface area contributed by atoms with Gasteiger partial charge in [0.1, 0.15) is 17.3 Å². The molecule has 0 aliphatic heterocycles. The lowest BCUT2D eigenvalue weighted by molar-refractivity contribution is -0.130. The summed E-state index contributed by atoms with van der Waals surface area (Å²) in [5, 5.41) is 3.31. The SMILES string of the molecule is CCN(CC)C(=O)CCNc1c(-c2ccc(F)cc2)nc2cnccn12. The number of anilines is 1. The number of hydrogen-bond donors (Lipinski definition) is 1. The fourth-order valence-electron chi connectivity index (χ4n) is 2.91. The molecular weight excluding hydrogens is 333 g/mol. The number of aromatic nitrogens is 3. The highest BCUT2D eigenvalue weighted by Gasteiger charge is 2.15. The maximum absolute atomic E-state index is 13.2. The van der Waals surface area contributed by atoms with Gasteiger partial charge >= 0.3 is 0 Å². The molecule has 0 radical (unpaired) electrons. The molecule has 136 valence electrons. The van der Waals surface area contributed by atoms with E-state index in [-0.39, 0.29) is 11.7 Å². The van der Waals surface area contributed by atoms with Crippen LogP contribution in [0.2, 0.25) is 0 Å². The molecule has 3 aromatic rings. The minimum Gasteiger partial charge on any atom is -0.369 e. The Bertz CT molecular complexity index is 887. The number of nitrogens with zero attached hydrogens (tertiary/aromatic N) is 4. The van der Waals surface area contributed by atoms with E-state index in [1.165, 1.54) is 12.1 Å². The Balaban J connectivity index is 1.85. The number of carbonyl (C=O) groups is 1. The zero-order chi connectivity index (χ0) is 18.5. The molecule has 0 saturated carbocycles. The van der Waals surface area contributed by atoms with E-state index in [1.54, 1.807) is 29.4 Å². The van der Waals surface area contributed by atoms with Crippen LogP contribution in [0.4, 0.5) is 10.2 Å². The Kier molecular flexibility index (Phi) is 5.46. The second kappa shape index (κ2) is 7.95. The maximum atomic E-state index is 13.2. The van der Waals surface area contributed by atoms with E-state index in [4.69, 9.17) is 0 Å². The van der Waals surface area contributed by atoms with Gasteiger partial charge in [-0.15, -0.1) is 0 Å². The Labute approximate surface area is 151 Å². The molecule has 1 N–H and O–H groups in total. The van der Waals surface area contributed by atoms with Gasteiger partial charge in [-0.05, 0) is 38.1 Å². The Morgan fingerprint density at radius 3 is 2.65 bits per heavy atom. The van der Waals surface area contributed by atoms with Crippen LogP contribution in [0, 0.1) is 5.82 Å². The summed E-state index contributed by atoms with van der Waals surface area (Å²) in [7, 11) is 0. The molecule has 0 atom stereocenters. The van der Waals surface area contributed by atoms with Crippen LogP contribution in [0.25, 0.3) is 16.9 Å². The van der Waals surface area contributed by atoms with E-state index < -0.39 is 0 Å². The van der Waals surface area contributed by atoms with Gasteiger partial charge < -0.3 is 10.2 Å². The molecule has 0 aliphatic rings. The molecule has 7 heteroatoms. The molecule has 3 rings (SSSR count). The second-order valence-electron chi connectivity index (χ2n) is 5.86. The van der Waals surface area contributed by atoms with Crippen molar-refractivity contribution in [3.8, 4) is 11.3 Å². The average molecular weight is 355 g/mol. The number of amides is 1. The monoisotopic (exact) mass is 355 g/mol. The van der Waals surface area contributed by atoms with Gasteiger partial charge in [0.15, 0.2) is 5.65 Å². The van der Waals surface area contributed by atoms with Crippen molar-refractivity contribution in [2.45, 2.75) is 20.3 Å². The molecule has 0 spiro atoms. The first-order chi connectivity index (χ1) is 12.6. The molecule has 2 aromatic heterocycles. The summed E-state index contributed by atoms with van der Waals surface area (Å²) in [5.41, 5.74) is 2.19. The van der Waals surface area contributed by atoms with Crippen LogP contribution < -0.4 is 5.32 Å². The summed E-state index contributed by atoms with van der Waals surface area (Å²) in [6.07, 6.45) is 5.54. The van der Waals surface area contributed by atoms with E-state index in [0.717, 1.165) is 11.4 Å². The van der Waals surface area contributed by atoms with E-state index >= 15 is 0 Å². The predicted octanol–water partition coefficient (Wildman–Crippen LogP) is 3.21. The lowest BCUT2D eigenvalue weighted by Gasteiger charge is -2.18. The number of halogens is 1. The lowest BCUT2D eigenvalue weighted by atomic mass is 10.1. The third-order valence-corrected chi connectivity index (χ3v) is 4.30. The minimum atomic E-state index is -0.293. The predicted molar refractivity (Wildman–Crippen MR) is 99.4 cm³/mol. The number of imidazole rings is 1. The molecule has 0 unspecified atom stereocenters. The fourth-order valence-corrected chi connectivity index (χ4v) is 2.91. The molecule has 26 heavy (non-hydrogen) atoms. The van der Waals surface area contributed by atoms with Gasteiger partial charge in [-0.3, -0.25) is 14.2 Å². The van der Waals surface area contributed by atoms with Crippen molar-refractivity contribution in [2.24, 2.45) is 0 Å². The van der Waals surface area contributed by atoms with Gasteiger partial charge in [0.2, 0.25) is 5.91 Å². The maximum Gasteiger partial charge on any atom is 0.224 e. The number of hydrogen-bond acceptors (Lipinski definition) is 4. The molecule has 6 nitrogen and oxygen atoms in total. The average Bonchev–Trinajstić information content (AvgIpc) is 3.02. The van der Waals surface area contributed by atoms with Gasteiger partial charge in [-0.2, -0.15) is 0 Å². The zero-order valence-electron chi connectivity index (χ0n) is 14.9. The number of benzene rings is 1. The van der Waals surface area contributed by atoms with E-state index in [0.29, 0.717) is 37.4 Å². The van der Waals surface area contributed by atoms with Gasteiger partial charge in [0.05, 0.1) is 6.20 Å². The number of carbonyl (C=O) groups excluding carboxylic acids is 1. The number of nitrogens with one attached hydrogen (secondary N) is 1. The summed E-state index contributed by atoms with van der Waals surface area (Å²) in [6, 6.07) is 6.20. The smallest absolute Gasteiger partial charge is 0.224 e. The first-order valence-corrected chi connectivity index (χ1v) is 8.73. The zero-order valence-corrected chi connectivity index (χ0v) is 14.9. The van der Waals surface area contributed by atoms with Gasteiger partial charge in [0.25, 0.3) is 0 Å². The van der Waals surface area contributed by atoms with Gasteiger partial charge in [0, 0.05) is 44.0 Å². The standard InChI is InChI=1S/C19H22FN5O/c1-3-24(4-2)17(26)9-10-22-19-18(14-5-7-15(20)8-6-14)23-16-13-21-11-12-25(16)19/h5-8,11-13,22H,3-4,9-10H2,1-2H3. The van der Waals surface area contributed by atoms with Crippen molar-refractivity contribution in [1.82, 2.24) is 19.3 Å². The van der Waals surface area contributed by atoms with E-state index in [9.17, 15) is 9.18 Å². The third kappa shape index (κ3) is 3.66. The van der Waals surface area contributed by atoms with Crippen LogP contribution in [0.1, 0.15) is 20.3 Å². The van der Waals surface area contributed by atoms with Crippen LogP contribution in [0.15, 0.2) is 42.9 Å². The highest BCUT2D eigenvalue weighted by Crippen LogP contribution is 2.28.